The highest BCUT2D eigenvalue weighted by molar-refractivity contribution is 7.81. The van der Waals surface area contributed by atoms with Gasteiger partial charge in [-0.05, 0) is 18.1 Å². The van der Waals surface area contributed by atoms with Gasteiger partial charge >= 0.3 is 0 Å². The van der Waals surface area contributed by atoms with Gasteiger partial charge in [-0.3, -0.25) is 11.3 Å². The Balaban J connectivity index is 2.38. The molecule has 2 aromatic heterocycles. The third-order valence-electron chi connectivity index (χ3n) is 2.40. The zero-order chi connectivity index (χ0) is 13.8. The van der Waals surface area contributed by atoms with Crippen LogP contribution < -0.4 is 16.2 Å². The van der Waals surface area contributed by atoms with Crippen LogP contribution >= 0.6 is 12.2 Å². The fourth-order valence-electron chi connectivity index (χ4n) is 1.46. The maximum absolute atomic E-state index is 5.18. The number of nitrogens with one attached hydrogen (secondary N) is 1. The van der Waals surface area contributed by atoms with Crippen LogP contribution in [-0.4, -0.2) is 40.1 Å². The SMILES string of the molecule is CN(C)c1ccc2ncc(C#CC(=S)CNN)n2n1. The van der Waals surface area contributed by atoms with E-state index >= 15 is 0 Å². The number of fused-ring (bicyclic) bond motifs is 1. The number of hydrazine groups is 1. The number of aromatic nitrogens is 3. The minimum absolute atomic E-state index is 0.384. The molecule has 7 heteroatoms. The highest BCUT2D eigenvalue weighted by Gasteiger charge is 2.04. The number of anilines is 1. The molecule has 0 atom stereocenters. The van der Waals surface area contributed by atoms with Gasteiger partial charge in [0.1, 0.15) is 11.5 Å². The number of rotatable bonds is 3. The Morgan fingerprint density at radius 1 is 1.53 bits per heavy atom. The van der Waals surface area contributed by atoms with Crippen molar-refractivity contribution in [2.24, 2.45) is 5.84 Å². The molecule has 0 fully saturated rings. The average molecular weight is 274 g/mol. The lowest BCUT2D eigenvalue weighted by molar-refractivity contribution is 0.852. The van der Waals surface area contributed by atoms with E-state index < -0.39 is 0 Å². The molecule has 0 aliphatic heterocycles. The smallest absolute Gasteiger partial charge is 0.155 e. The first-order valence-electron chi connectivity index (χ1n) is 5.62. The van der Waals surface area contributed by atoms with Crippen LogP contribution in [-0.2, 0) is 0 Å². The number of thiocarbonyl (C=S) groups is 1. The van der Waals surface area contributed by atoms with Crippen molar-refractivity contribution in [1.82, 2.24) is 20.0 Å². The molecule has 0 aliphatic carbocycles. The topological polar surface area (TPSA) is 71.5 Å². The van der Waals surface area contributed by atoms with Crippen molar-refractivity contribution >= 4 is 28.5 Å². The van der Waals surface area contributed by atoms with E-state index in [2.05, 4.69) is 27.3 Å². The molecule has 0 unspecified atom stereocenters. The van der Waals surface area contributed by atoms with Crippen LogP contribution in [0.25, 0.3) is 5.65 Å². The molecular weight excluding hydrogens is 260 g/mol. The molecule has 2 aromatic rings. The van der Waals surface area contributed by atoms with Crippen molar-refractivity contribution in [3.8, 4) is 11.8 Å². The largest absolute Gasteiger partial charge is 0.361 e. The summed E-state index contributed by atoms with van der Waals surface area (Å²) in [6, 6.07) is 3.80. The number of nitrogens with zero attached hydrogens (tertiary/aromatic N) is 4. The molecular formula is C12H14N6S. The third-order valence-corrected chi connectivity index (χ3v) is 2.65. The zero-order valence-electron chi connectivity index (χ0n) is 10.7. The Hall–Kier alpha value is -2.01. The zero-order valence-corrected chi connectivity index (χ0v) is 11.5. The molecule has 0 saturated carbocycles. The van der Waals surface area contributed by atoms with Gasteiger partial charge in [0, 0.05) is 14.1 Å². The van der Waals surface area contributed by atoms with Crippen molar-refractivity contribution in [3.05, 3.63) is 24.0 Å². The van der Waals surface area contributed by atoms with Crippen LogP contribution in [0, 0.1) is 11.8 Å². The molecule has 0 radical (unpaired) electrons. The Labute approximate surface area is 116 Å². The molecule has 98 valence electrons. The Bertz CT molecular complexity index is 664. The quantitative estimate of drug-likeness (QED) is 0.355. The fourth-order valence-corrected chi connectivity index (χ4v) is 1.59. The number of imidazole rings is 1. The van der Waals surface area contributed by atoms with E-state index in [0.29, 0.717) is 17.1 Å². The van der Waals surface area contributed by atoms with Gasteiger partial charge < -0.3 is 4.90 Å². The number of hydrogen-bond donors (Lipinski definition) is 2. The summed E-state index contributed by atoms with van der Waals surface area (Å²) in [5, 5.41) is 4.45. The Morgan fingerprint density at radius 3 is 3.00 bits per heavy atom. The fraction of sp³-hybridized carbons (Fsp3) is 0.250. The summed E-state index contributed by atoms with van der Waals surface area (Å²) in [6.07, 6.45) is 1.67. The molecule has 2 rings (SSSR count). The molecule has 3 N–H and O–H groups in total. The summed E-state index contributed by atoms with van der Waals surface area (Å²) in [5.74, 6) is 11.8. The van der Waals surface area contributed by atoms with E-state index in [9.17, 15) is 0 Å². The van der Waals surface area contributed by atoms with Gasteiger partial charge in [0.15, 0.2) is 5.65 Å². The van der Waals surface area contributed by atoms with Crippen LogP contribution in [0.2, 0.25) is 0 Å². The van der Waals surface area contributed by atoms with E-state index in [0.717, 1.165) is 11.5 Å². The van der Waals surface area contributed by atoms with Crippen LogP contribution in [0.4, 0.5) is 5.82 Å². The summed E-state index contributed by atoms with van der Waals surface area (Å²) >= 11 is 5.04. The molecule has 19 heavy (non-hydrogen) atoms. The molecule has 0 aromatic carbocycles. The lowest BCUT2D eigenvalue weighted by Crippen LogP contribution is -2.27. The third kappa shape index (κ3) is 3.06. The Kier molecular flexibility index (Phi) is 4.06. The van der Waals surface area contributed by atoms with Gasteiger partial charge in [-0.2, -0.15) is 0 Å². The van der Waals surface area contributed by atoms with Crippen LogP contribution in [0.5, 0.6) is 0 Å². The maximum atomic E-state index is 5.18. The lowest BCUT2D eigenvalue weighted by atomic mass is 10.4. The minimum atomic E-state index is 0.384. The second kappa shape index (κ2) is 5.75. The second-order valence-corrected chi connectivity index (χ2v) is 4.55. The van der Waals surface area contributed by atoms with Gasteiger partial charge in [-0.25, -0.2) is 9.50 Å². The van der Waals surface area contributed by atoms with Crippen molar-refractivity contribution in [2.75, 3.05) is 25.5 Å². The first kappa shape index (κ1) is 13.4. The van der Waals surface area contributed by atoms with Crippen LogP contribution in [0.15, 0.2) is 18.3 Å². The monoisotopic (exact) mass is 274 g/mol. The normalized spacial score (nSPS) is 10.1. The van der Waals surface area contributed by atoms with E-state index in [1.807, 2.05) is 31.1 Å². The molecule has 0 bridgehead atoms. The maximum Gasteiger partial charge on any atom is 0.155 e. The Morgan fingerprint density at radius 2 is 2.32 bits per heavy atom. The van der Waals surface area contributed by atoms with Gasteiger partial charge in [0.25, 0.3) is 0 Å². The van der Waals surface area contributed by atoms with Crippen LogP contribution in [0.1, 0.15) is 5.69 Å². The van der Waals surface area contributed by atoms with Gasteiger partial charge in [0.2, 0.25) is 0 Å². The predicted molar refractivity (Wildman–Crippen MR) is 79.0 cm³/mol. The number of hydrogen-bond acceptors (Lipinski definition) is 6. The van der Waals surface area contributed by atoms with E-state index in [-0.39, 0.29) is 0 Å². The van der Waals surface area contributed by atoms with Crippen molar-refractivity contribution in [2.45, 2.75) is 0 Å². The van der Waals surface area contributed by atoms with Crippen molar-refractivity contribution in [3.63, 3.8) is 0 Å². The van der Waals surface area contributed by atoms with Crippen LogP contribution in [0.3, 0.4) is 0 Å². The highest BCUT2D eigenvalue weighted by Crippen LogP contribution is 2.10. The standard InChI is InChI=1S/C12H14N6S/c1-17(2)12-6-5-11-14-7-9(18(11)16-12)3-4-10(19)8-15-13/h5-7,15H,8,13H2,1-2H3. The summed E-state index contributed by atoms with van der Waals surface area (Å²) in [5.41, 5.74) is 3.91. The molecule has 0 spiro atoms. The predicted octanol–water partition coefficient (Wildman–Crippen LogP) is -0.0200. The summed E-state index contributed by atoms with van der Waals surface area (Å²) in [6.45, 7) is 0.384. The highest BCUT2D eigenvalue weighted by atomic mass is 32.1. The lowest BCUT2D eigenvalue weighted by Gasteiger charge is -2.10. The molecule has 6 nitrogen and oxygen atoms in total. The molecule has 0 amide bonds. The first-order chi connectivity index (χ1) is 9.11. The van der Waals surface area contributed by atoms with Crippen molar-refractivity contribution in [1.29, 1.82) is 0 Å². The molecule has 0 saturated heterocycles. The van der Waals surface area contributed by atoms with Gasteiger partial charge in [-0.1, -0.05) is 18.1 Å². The summed E-state index contributed by atoms with van der Waals surface area (Å²) in [4.78, 5) is 6.70. The molecule has 0 aliphatic rings. The summed E-state index contributed by atoms with van der Waals surface area (Å²) in [7, 11) is 3.86. The van der Waals surface area contributed by atoms with Gasteiger partial charge in [0.05, 0.1) is 17.6 Å². The van der Waals surface area contributed by atoms with E-state index in [1.165, 1.54) is 0 Å². The van der Waals surface area contributed by atoms with E-state index in [1.54, 1.807) is 10.7 Å². The van der Waals surface area contributed by atoms with E-state index in [4.69, 9.17) is 18.1 Å². The second-order valence-electron chi connectivity index (χ2n) is 4.05. The van der Waals surface area contributed by atoms with Gasteiger partial charge in [-0.15, -0.1) is 5.10 Å². The molecule has 2 heterocycles. The minimum Gasteiger partial charge on any atom is -0.361 e. The van der Waals surface area contributed by atoms with Crippen molar-refractivity contribution < 1.29 is 0 Å². The number of nitrogens with two attached hydrogens (primary N) is 1. The average Bonchev–Trinajstić information content (AvgIpc) is 2.79. The summed E-state index contributed by atoms with van der Waals surface area (Å²) < 4.78 is 1.70. The first-order valence-corrected chi connectivity index (χ1v) is 6.03.